The van der Waals surface area contributed by atoms with Gasteiger partial charge in [-0.25, -0.2) is 0 Å². The van der Waals surface area contributed by atoms with Gasteiger partial charge in [-0.1, -0.05) is 170 Å². The smallest absolute Gasteiger partial charge is 0.143 e. The second-order valence-electron chi connectivity index (χ2n) is 15.6. The molecule has 3 heteroatoms. The van der Waals surface area contributed by atoms with Crippen LogP contribution in [0.1, 0.15) is 0 Å². The molecular formula is C58H37NO2. The molecule has 0 aliphatic rings. The van der Waals surface area contributed by atoms with Crippen molar-refractivity contribution in [3.63, 3.8) is 0 Å². The van der Waals surface area contributed by atoms with E-state index in [1.54, 1.807) is 0 Å². The number of rotatable bonds is 7. The van der Waals surface area contributed by atoms with Crippen LogP contribution in [0.15, 0.2) is 233 Å². The molecule has 0 radical (unpaired) electrons. The Morgan fingerprint density at radius 1 is 0.295 bits per heavy atom. The monoisotopic (exact) mass is 779 g/mol. The Kier molecular flexibility index (Phi) is 8.17. The summed E-state index contributed by atoms with van der Waals surface area (Å²) in [6.07, 6.45) is 0. The number of hydrogen-bond acceptors (Lipinski definition) is 3. The topological polar surface area (TPSA) is 29.5 Å². The van der Waals surface area contributed by atoms with Crippen LogP contribution in [0.4, 0.5) is 17.1 Å². The van der Waals surface area contributed by atoms with Crippen LogP contribution in [-0.4, -0.2) is 0 Å². The van der Waals surface area contributed by atoms with Crippen molar-refractivity contribution in [1.82, 2.24) is 0 Å². The van der Waals surface area contributed by atoms with Crippen LogP contribution in [0.3, 0.4) is 0 Å². The Labute approximate surface area is 353 Å². The number of fused-ring (bicyclic) bond motifs is 7. The molecular weight excluding hydrogens is 743 g/mol. The second-order valence-corrected chi connectivity index (χ2v) is 15.6. The summed E-state index contributed by atoms with van der Waals surface area (Å²) >= 11 is 0. The second kappa shape index (κ2) is 14.3. The van der Waals surface area contributed by atoms with Crippen molar-refractivity contribution in [2.75, 3.05) is 4.90 Å². The number of hydrogen-bond donors (Lipinski definition) is 0. The van der Waals surface area contributed by atoms with Crippen LogP contribution in [0, 0.1) is 0 Å². The summed E-state index contributed by atoms with van der Waals surface area (Å²) in [6, 6.07) is 79.9. The third-order valence-electron chi connectivity index (χ3n) is 12.1. The van der Waals surface area contributed by atoms with E-state index in [0.29, 0.717) is 0 Å². The molecule has 0 unspecified atom stereocenters. The van der Waals surface area contributed by atoms with Gasteiger partial charge in [0.25, 0.3) is 0 Å². The van der Waals surface area contributed by atoms with Gasteiger partial charge in [0.1, 0.15) is 22.3 Å². The first-order valence-corrected chi connectivity index (χ1v) is 20.7. The van der Waals surface area contributed by atoms with Crippen LogP contribution in [-0.2, 0) is 0 Å². The lowest BCUT2D eigenvalue weighted by molar-refractivity contribution is 0.669. The highest BCUT2D eigenvalue weighted by atomic mass is 16.3. The first-order chi connectivity index (χ1) is 30.2. The first-order valence-electron chi connectivity index (χ1n) is 20.7. The van der Waals surface area contributed by atoms with Crippen LogP contribution in [0.5, 0.6) is 0 Å². The highest BCUT2D eigenvalue weighted by Gasteiger charge is 2.21. The van der Waals surface area contributed by atoms with Gasteiger partial charge in [0.15, 0.2) is 0 Å². The number of nitrogens with zero attached hydrogens (tertiary/aromatic N) is 1. The fourth-order valence-corrected chi connectivity index (χ4v) is 9.12. The molecule has 0 N–H and O–H groups in total. The Morgan fingerprint density at radius 2 is 0.820 bits per heavy atom. The van der Waals surface area contributed by atoms with Gasteiger partial charge in [-0.05, 0) is 104 Å². The Hall–Kier alpha value is -8.14. The minimum atomic E-state index is 0.842. The van der Waals surface area contributed by atoms with Crippen molar-refractivity contribution in [2.45, 2.75) is 0 Å². The van der Waals surface area contributed by atoms with Gasteiger partial charge in [-0.2, -0.15) is 0 Å². The molecule has 0 saturated heterocycles. The predicted octanol–water partition coefficient (Wildman–Crippen LogP) is 16.8. The molecule has 2 heterocycles. The van der Waals surface area contributed by atoms with E-state index in [4.69, 9.17) is 8.83 Å². The van der Waals surface area contributed by atoms with E-state index >= 15 is 0 Å². The molecule has 0 saturated carbocycles. The zero-order chi connectivity index (χ0) is 40.3. The number of benzene rings is 10. The summed E-state index contributed by atoms with van der Waals surface area (Å²) in [5, 5.41) is 6.85. The predicted molar refractivity (Wildman–Crippen MR) is 255 cm³/mol. The van der Waals surface area contributed by atoms with Crippen LogP contribution >= 0.6 is 0 Å². The number of para-hydroxylation sites is 2. The molecule has 61 heavy (non-hydrogen) atoms. The van der Waals surface area contributed by atoms with Crippen LogP contribution in [0.2, 0.25) is 0 Å². The Morgan fingerprint density at radius 3 is 1.61 bits per heavy atom. The fraction of sp³-hybridized carbons (Fsp3) is 0. The summed E-state index contributed by atoms with van der Waals surface area (Å²) in [5.74, 6) is 0. The van der Waals surface area contributed by atoms with Gasteiger partial charge >= 0.3 is 0 Å². The highest BCUT2D eigenvalue weighted by Crippen LogP contribution is 2.45. The van der Waals surface area contributed by atoms with Crippen LogP contribution < -0.4 is 4.90 Å². The van der Waals surface area contributed by atoms with Gasteiger partial charge < -0.3 is 13.7 Å². The summed E-state index contributed by atoms with van der Waals surface area (Å²) in [7, 11) is 0. The maximum Gasteiger partial charge on any atom is 0.143 e. The number of furan rings is 2. The molecule has 0 bridgehead atoms. The molecule has 0 amide bonds. The summed E-state index contributed by atoms with van der Waals surface area (Å²) in [4.78, 5) is 2.36. The minimum Gasteiger partial charge on any atom is -0.456 e. The molecule has 12 aromatic rings. The van der Waals surface area contributed by atoms with E-state index in [1.807, 2.05) is 12.1 Å². The van der Waals surface area contributed by atoms with Crippen molar-refractivity contribution >= 4 is 71.7 Å². The van der Waals surface area contributed by atoms with Gasteiger partial charge in [0.2, 0.25) is 0 Å². The average molecular weight is 780 g/mol. The largest absolute Gasteiger partial charge is 0.456 e. The van der Waals surface area contributed by atoms with E-state index in [9.17, 15) is 0 Å². The van der Waals surface area contributed by atoms with E-state index in [1.165, 1.54) is 33.0 Å². The molecule has 0 aliphatic carbocycles. The molecule has 0 atom stereocenters. The molecule has 3 nitrogen and oxygen atoms in total. The van der Waals surface area contributed by atoms with Crippen molar-refractivity contribution in [2.24, 2.45) is 0 Å². The molecule has 10 aromatic carbocycles. The lowest BCUT2D eigenvalue weighted by atomic mass is 9.97. The molecule has 2 aromatic heterocycles. The third-order valence-corrected chi connectivity index (χ3v) is 12.1. The zero-order valence-electron chi connectivity index (χ0n) is 33.1. The maximum absolute atomic E-state index is 6.61. The van der Waals surface area contributed by atoms with Crippen molar-refractivity contribution in [3.05, 3.63) is 224 Å². The zero-order valence-corrected chi connectivity index (χ0v) is 33.1. The van der Waals surface area contributed by atoms with Gasteiger partial charge in [-0.3, -0.25) is 0 Å². The molecule has 0 fully saturated rings. The minimum absolute atomic E-state index is 0.842. The lowest BCUT2D eigenvalue weighted by Gasteiger charge is -2.27. The summed E-state index contributed by atoms with van der Waals surface area (Å²) in [6.45, 7) is 0. The van der Waals surface area contributed by atoms with E-state index < -0.39 is 0 Å². The van der Waals surface area contributed by atoms with E-state index in [2.05, 4.69) is 217 Å². The normalized spacial score (nSPS) is 11.6. The molecule has 286 valence electrons. The van der Waals surface area contributed by atoms with Gasteiger partial charge in [0, 0.05) is 33.1 Å². The lowest BCUT2D eigenvalue weighted by Crippen LogP contribution is -2.10. The van der Waals surface area contributed by atoms with Crippen molar-refractivity contribution < 1.29 is 8.83 Å². The summed E-state index contributed by atoms with van der Waals surface area (Å²) < 4.78 is 13.1. The molecule has 0 aliphatic heterocycles. The number of anilines is 3. The van der Waals surface area contributed by atoms with Gasteiger partial charge in [0.05, 0.1) is 11.1 Å². The Balaban J connectivity index is 1.00. The third kappa shape index (κ3) is 5.98. The van der Waals surface area contributed by atoms with Gasteiger partial charge in [-0.15, -0.1) is 0 Å². The standard InChI is InChI=1S/C58H37NO2/c1-2-11-38(12-3-1)39-23-25-40(26-24-39)44-31-36-55-52(37-44)57-53(20-10-22-56(57)60-55)59(45-32-27-42(28-33-45)48-17-8-14-41-13-4-5-15-47(41)48)46-34-29-43(30-35-46)49-18-9-19-51-50-16-6-7-21-54(50)61-58(49)51/h1-37H. The van der Waals surface area contributed by atoms with E-state index in [0.717, 1.165) is 83.2 Å². The van der Waals surface area contributed by atoms with Crippen LogP contribution in [0.25, 0.3) is 99.2 Å². The first kappa shape index (κ1) is 34.9. The molecule has 12 rings (SSSR count). The fourth-order valence-electron chi connectivity index (χ4n) is 9.12. The molecule has 0 spiro atoms. The highest BCUT2D eigenvalue weighted by molar-refractivity contribution is 6.14. The van der Waals surface area contributed by atoms with Crippen molar-refractivity contribution in [1.29, 1.82) is 0 Å². The van der Waals surface area contributed by atoms with Crippen molar-refractivity contribution in [3.8, 4) is 44.5 Å². The average Bonchev–Trinajstić information content (AvgIpc) is 3.91. The summed E-state index contributed by atoms with van der Waals surface area (Å²) in [5.41, 5.74) is 15.9. The van der Waals surface area contributed by atoms with E-state index in [-0.39, 0.29) is 0 Å². The quantitative estimate of drug-likeness (QED) is 0.161. The SMILES string of the molecule is c1ccc(-c2ccc(-c3ccc4oc5cccc(N(c6ccc(-c7cccc8ccccc78)cc6)c6ccc(-c7cccc8c7oc7ccccc78)cc6)c5c4c3)cc2)cc1. The Bertz CT molecular complexity index is 3560. The maximum atomic E-state index is 6.61.